The van der Waals surface area contributed by atoms with Crippen molar-refractivity contribution in [2.45, 2.75) is 0 Å². The van der Waals surface area contributed by atoms with Crippen molar-refractivity contribution in [1.29, 1.82) is 0 Å². The van der Waals surface area contributed by atoms with Crippen molar-refractivity contribution in [3.05, 3.63) is 204 Å². The molecule has 238 valence electrons. The van der Waals surface area contributed by atoms with Gasteiger partial charge in [0, 0.05) is 0 Å². The second-order valence-corrected chi connectivity index (χ2v) is 25.9. The van der Waals surface area contributed by atoms with Crippen molar-refractivity contribution < 1.29 is 19.8 Å². The molecule has 0 saturated heterocycles. The van der Waals surface area contributed by atoms with Gasteiger partial charge in [0.2, 0.25) is 0 Å². The van der Waals surface area contributed by atoms with Gasteiger partial charge in [0.15, 0.2) is 0 Å². The summed E-state index contributed by atoms with van der Waals surface area (Å²) in [6.45, 7) is 0. The first-order valence-corrected chi connectivity index (χ1v) is 25.0. The predicted molar refractivity (Wildman–Crippen MR) is 201 cm³/mol. The summed E-state index contributed by atoms with van der Waals surface area (Å²) in [5.74, 6) is -2.75. The van der Waals surface area contributed by atoms with Gasteiger partial charge in [-0.15, -0.1) is 11.3 Å². The van der Waals surface area contributed by atoms with Gasteiger partial charge in [-0.2, -0.15) is 0 Å². The summed E-state index contributed by atoms with van der Waals surface area (Å²) in [5.41, 5.74) is 0. The zero-order valence-electron chi connectivity index (χ0n) is 26.5. The molecule has 7 rings (SSSR count). The van der Waals surface area contributed by atoms with Crippen molar-refractivity contribution >= 4 is 84.3 Å². The SMILES string of the molecule is O=C([O-])c1ccc(C(=O)[O-])s1.c1cc[c]([Sn+]([c]2ccccc2)[c]2ccccc2)cc1.c1cc[c]([Sn+]([c]2ccccc2)[c]2ccccc2)cc1. The monoisotopic (exact) mass is 872 g/mol. The number of carbonyl (C=O) groups is 2. The Balaban J connectivity index is 0.000000149. The van der Waals surface area contributed by atoms with E-state index in [0.29, 0.717) is 11.3 Å². The van der Waals surface area contributed by atoms with E-state index in [1.807, 2.05) is 0 Å². The van der Waals surface area contributed by atoms with Crippen molar-refractivity contribution in [2.75, 3.05) is 0 Å². The van der Waals surface area contributed by atoms with E-state index in [0.717, 1.165) is 0 Å². The first kappa shape index (κ1) is 35.9. The molecule has 0 saturated carbocycles. The fourth-order valence-electron chi connectivity index (χ4n) is 5.19. The molecule has 0 spiro atoms. The Morgan fingerprint density at radius 1 is 0.327 bits per heavy atom. The summed E-state index contributed by atoms with van der Waals surface area (Å²) in [7, 11) is 0. The molecule has 0 N–H and O–H groups in total. The normalized spacial score (nSPS) is 9.96. The zero-order chi connectivity index (χ0) is 34.3. The standard InChI is InChI=1S/C6H4O4S.6C6H5.2Sn/c7-5(8)3-1-2-4(11-3)6(9)10;6*1-2-4-6-5-3-1;;/h1-2H,(H,7,8)(H,9,10);6*1-5H;;/q;;;;;;;2*+1/p-2. The molecule has 0 fully saturated rings. The van der Waals surface area contributed by atoms with Gasteiger partial charge in [0.25, 0.3) is 0 Å². The van der Waals surface area contributed by atoms with Crippen LogP contribution in [-0.2, 0) is 0 Å². The van der Waals surface area contributed by atoms with Crippen LogP contribution in [0.25, 0.3) is 0 Å². The molecule has 49 heavy (non-hydrogen) atoms. The molecule has 0 aliphatic heterocycles. The summed E-state index contributed by atoms with van der Waals surface area (Å²) in [5, 5.41) is 20.2. The van der Waals surface area contributed by atoms with Gasteiger partial charge >= 0.3 is 243 Å². The first-order valence-electron chi connectivity index (χ1n) is 15.6. The molecule has 0 radical (unpaired) electrons. The van der Waals surface area contributed by atoms with Crippen LogP contribution in [0.4, 0.5) is 0 Å². The van der Waals surface area contributed by atoms with Crippen LogP contribution in [0, 0.1) is 0 Å². The summed E-state index contributed by atoms with van der Waals surface area (Å²) in [6.07, 6.45) is 0. The fraction of sp³-hybridized carbons (Fsp3) is 0. The Labute approximate surface area is 305 Å². The van der Waals surface area contributed by atoms with Crippen LogP contribution in [0.2, 0.25) is 0 Å². The molecule has 7 heteroatoms. The van der Waals surface area contributed by atoms with Gasteiger partial charge in [0.05, 0.1) is 21.7 Å². The number of benzene rings is 6. The third kappa shape index (κ3) is 10.5. The number of aromatic carboxylic acids is 2. The molecule has 0 bridgehead atoms. The van der Waals surface area contributed by atoms with E-state index < -0.39 is 51.5 Å². The minimum absolute atomic E-state index is 0.107. The van der Waals surface area contributed by atoms with Crippen LogP contribution in [0.1, 0.15) is 19.3 Å². The van der Waals surface area contributed by atoms with E-state index in [4.69, 9.17) is 0 Å². The Hall–Kier alpha value is -4.44. The molecular weight excluding hydrogens is 838 g/mol. The second kappa shape index (κ2) is 18.9. The van der Waals surface area contributed by atoms with E-state index in [2.05, 4.69) is 182 Å². The van der Waals surface area contributed by atoms with E-state index in [1.54, 1.807) is 0 Å². The molecule has 0 atom stereocenters. The summed E-state index contributed by atoms with van der Waals surface area (Å²) < 4.78 is 9.18. The topological polar surface area (TPSA) is 80.3 Å². The Morgan fingerprint density at radius 3 is 0.653 bits per heavy atom. The number of hydrogen-bond donors (Lipinski definition) is 0. The van der Waals surface area contributed by atoms with Gasteiger partial charge in [0.1, 0.15) is 0 Å². The maximum absolute atomic E-state index is 10.1. The molecule has 0 aliphatic rings. The average Bonchev–Trinajstić information content (AvgIpc) is 3.67. The Kier molecular flexibility index (Phi) is 13.9. The molecule has 1 aromatic heterocycles. The van der Waals surface area contributed by atoms with E-state index in [9.17, 15) is 19.8 Å². The number of carbonyl (C=O) groups excluding carboxylic acids is 2. The van der Waals surface area contributed by atoms with Crippen LogP contribution in [-0.4, -0.2) is 51.5 Å². The van der Waals surface area contributed by atoms with Crippen LogP contribution >= 0.6 is 11.3 Å². The molecule has 6 aromatic carbocycles. The van der Waals surface area contributed by atoms with Gasteiger partial charge in [-0.25, -0.2) is 0 Å². The van der Waals surface area contributed by atoms with Crippen molar-refractivity contribution in [1.82, 2.24) is 0 Å². The van der Waals surface area contributed by atoms with Gasteiger partial charge < -0.3 is 19.8 Å². The molecular formula is C42H32O4SSn2. The van der Waals surface area contributed by atoms with Gasteiger partial charge in [-0.05, 0) is 12.1 Å². The predicted octanol–water partition coefficient (Wildman–Crippen LogP) is 2.88. The van der Waals surface area contributed by atoms with Crippen LogP contribution in [0.5, 0.6) is 0 Å². The summed E-state index contributed by atoms with van der Waals surface area (Å²) in [4.78, 5) is 20.0. The molecule has 4 nitrogen and oxygen atoms in total. The number of carboxylic acids is 2. The van der Waals surface area contributed by atoms with Crippen LogP contribution < -0.4 is 31.7 Å². The summed E-state index contributed by atoms with van der Waals surface area (Å²) in [6, 6.07) is 68.2. The van der Waals surface area contributed by atoms with Crippen LogP contribution in [0.3, 0.4) is 0 Å². The first-order chi connectivity index (χ1) is 24.0. The third-order valence-corrected chi connectivity index (χ3v) is 24.0. The quantitative estimate of drug-likeness (QED) is 0.221. The third-order valence-electron chi connectivity index (χ3n) is 7.38. The Bertz CT molecular complexity index is 1670. The number of thiophene rings is 1. The van der Waals surface area contributed by atoms with Gasteiger partial charge in [-0.3, -0.25) is 0 Å². The number of rotatable bonds is 8. The molecule has 0 aliphatic carbocycles. The second-order valence-electron chi connectivity index (χ2n) is 10.7. The molecule has 0 amide bonds. The average molecular weight is 870 g/mol. The maximum atomic E-state index is 10.1. The minimum atomic E-state index is -1.98. The van der Waals surface area contributed by atoms with E-state index in [-0.39, 0.29) is 9.75 Å². The van der Waals surface area contributed by atoms with E-state index >= 15 is 0 Å². The Morgan fingerprint density at radius 2 is 0.510 bits per heavy atom. The van der Waals surface area contributed by atoms with Crippen molar-refractivity contribution in [3.63, 3.8) is 0 Å². The number of carboxylic acid groups (broad SMARTS) is 2. The fourth-order valence-corrected chi connectivity index (χ4v) is 20.6. The van der Waals surface area contributed by atoms with E-state index in [1.165, 1.54) is 33.6 Å². The van der Waals surface area contributed by atoms with Crippen molar-refractivity contribution in [3.8, 4) is 0 Å². The molecule has 7 aromatic rings. The molecule has 1 heterocycles. The van der Waals surface area contributed by atoms with Crippen molar-refractivity contribution in [2.24, 2.45) is 0 Å². The van der Waals surface area contributed by atoms with Crippen LogP contribution in [0.15, 0.2) is 194 Å². The summed E-state index contributed by atoms with van der Waals surface area (Å²) >= 11 is -3.34. The zero-order valence-corrected chi connectivity index (χ0v) is 33.0. The number of hydrogen-bond acceptors (Lipinski definition) is 5. The van der Waals surface area contributed by atoms with Gasteiger partial charge in [-0.1, -0.05) is 0 Å². The molecule has 0 unspecified atom stereocenters.